The minimum atomic E-state index is -0.132. The lowest BCUT2D eigenvalue weighted by molar-refractivity contribution is -0.0473. The van der Waals surface area contributed by atoms with Crippen LogP contribution in [0.3, 0.4) is 0 Å². The lowest BCUT2D eigenvalue weighted by atomic mass is 9.85. The second kappa shape index (κ2) is 7.60. The van der Waals surface area contributed by atoms with Crippen LogP contribution in [0.1, 0.15) is 45.7 Å². The van der Waals surface area contributed by atoms with Gasteiger partial charge < -0.3 is 10.1 Å². The summed E-state index contributed by atoms with van der Waals surface area (Å²) in [6.45, 7) is 7.55. The molecule has 0 aliphatic heterocycles. The van der Waals surface area contributed by atoms with Crippen LogP contribution >= 0.6 is 0 Å². The van der Waals surface area contributed by atoms with E-state index in [-0.39, 0.29) is 11.6 Å². The van der Waals surface area contributed by atoms with Crippen molar-refractivity contribution in [3.8, 4) is 0 Å². The number of ether oxygens (including phenoxy) is 1. The van der Waals surface area contributed by atoms with Gasteiger partial charge in [-0.1, -0.05) is 26.0 Å². The number of methoxy groups -OCH3 is 1. The highest BCUT2D eigenvalue weighted by Crippen LogP contribution is 2.26. The number of hydrogen-bond donors (Lipinski definition) is 1. The number of aryl methyl sites for hydroxylation is 1. The lowest BCUT2D eigenvalue weighted by Crippen LogP contribution is -2.53. The first kappa shape index (κ1) is 16.1. The molecule has 0 bridgehead atoms. The van der Waals surface area contributed by atoms with Crippen LogP contribution in [0.15, 0.2) is 6.20 Å². The molecular formula is C14H28N4O. The van der Waals surface area contributed by atoms with Gasteiger partial charge in [0.1, 0.15) is 0 Å². The minimum Gasteiger partial charge on any atom is -0.377 e. The van der Waals surface area contributed by atoms with Crippen LogP contribution in [-0.2, 0) is 18.2 Å². The quantitative estimate of drug-likeness (QED) is 0.743. The van der Waals surface area contributed by atoms with Crippen LogP contribution in [0.2, 0.25) is 0 Å². The van der Waals surface area contributed by atoms with Crippen LogP contribution < -0.4 is 5.32 Å². The average molecular weight is 268 g/mol. The molecule has 0 aromatic carbocycles. The van der Waals surface area contributed by atoms with Gasteiger partial charge in [-0.25, -0.2) is 0 Å². The van der Waals surface area contributed by atoms with Crippen LogP contribution in [0.4, 0.5) is 0 Å². The maximum Gasteiger partial charge on any atom is 0.0843 e. The Bertz CT molecular complexity index is 352. The molecule has 19 heavy (non-hydrogen) atoms. The van der Waals surface area contributed by atoms with Crippen molar-refractivity contribution in [3.63, 3.8) is 0 Å². The van der Waals surface area contributed by atoms with E-state index in [0.717, 1.165) is 37.9 Å². The molecule has 0 amide bonds. The summed E-state index contributed by atoms with van der Waals surface area (Å²) in [7, 11) is 3.71. The maximum atomic E-state index is 5.86. The highest BCUT2D eigenvalue weighted by molar-refractivity contribution is 5.02. The molecular weight excluding hydrogens is 240 g/mol. The number of hydrogen-bond acceptors (Lipinski definition) is 4. The Morgan fingerprint density at radius 2 is 2.05 bits per heavy atom. The zero-order valence-corrected chi connectivity index (χ0v) is 12.9. The molecule has 0 aliphatic rings. The predicted molar refractivity (Wildman–Crippen MR) is 77.1 cm³/mol. The molecule has 0 saturated heterocycles. The molecule has 5 heteroatoms. The Balaban J connectivity index is 2.86. The number of rotatable bonds is 9. The highest BCUT2D eigenvalue weighted by atomic mass is 16.5. The van der Waals surface area contributed by atoms with Crippen molar-refractivity contribution in [2.24, 2.45) is 7.05 Å². The summed E-state index contributed by atoms with van der Waals surface area (Å²) in [6.07, 6.45) is 5.92. The summed E-state index contributed by atoms with van der Waals surface area (Å²) in [5, 5.41) is 11.8. The molecule has 5 nitrogen and oxygen atoms in total. The van der Waals surface area contributed by atoms with Crippen molar-refractivity contribution in [2.75, 3.05) is 13.7 Å². The highest BCUT2D eigenvalue weighted by Gasteiger charge is 2.35. The van der Waals surface area contributed by atoms with Gasteiger partial charge in [0.15, 0.2) is 0 Å². The predicted octanol–water partition coefficient (Wildman–Crippen LogP) is 1.93. The standard InChI is InChI=1S/C14H28N4O/c1-6-9-15-13(14(7-2,8-3)19-5)10-12-11-18(4)17-16-12/h11,13,15H,6-10H2,1-5H3. The van der Waals surface area contributed by atoms with Crippen molar-refractivity contribution in [1.82, 2.24) is 20.3 Å². The maximum absolute atomic E-state index is 5.86. The summed E-state index contributed by atoms with van der Waals surface area (Å²) in [5.41, 5.74) is 0.881. The summed E-state index contributed by atoms with van der Waals surface area (Å²) in [5.74, 6) is 0. The topological polar surface area (TPSA) is 52.0 Å². The van der Waals surface area contributed by atoms with Gasteiger partial charge >= 0.3 is 0 Å². The van der Waals surface area contributed by atoms with E-state index < -0.39 is 0 Å². The Morgan fingerprint density at radius 3 is 2.47 bits per heavy atom. The molecule has 1 rings (SSSR count). The number of nitrogens with zero attached hydrogens (tertiary/aromatic N) is 3. The van der Waals surface area contributed by atoms with Gasteiger partial charge in [-0.3, -0.25) is 4.68 Å². The molecule has 0 aliphatic carbocycles. The largest absolute Gasteiger partial charge is 0.377 e. The first-order chi connectivity index (χ1) is 9.11. The van der Waals surface area contributed by atoms with Crippen molar-refractivity contribution in [2.45, 2.75) is 58.1 Å². The minimum absolute atomic E-state index is 0.132. The van der Waals surface area contributed by atoms with Crippen molar-refractivity contribution >= 4 is 0 Å². The van der Waals surface area contributed by atoms with Gasteiger partial charge in [0.05, 0.1) is 11.3 Å². The third-order valence-corrected chi connectivity index (χ3v) is 3.94. The molecule has 1 unspecified atom stereocenters. The molecule has 1 aromatic rings. The summed E-state index contributed by atoms with van der Waals surface area (Å²) in [4.78, 5) is 0. The van der Waals surface area contributed by atoms with Crippen molar-refractivity contribution in [1.29, 1.82) is 0 Å². The Morgan fingerprint density at radius 1 is 1.37 bits per heavy atom. The van der Waals surface area contributed by atoms with Gasteiger partial charge in [-0.05, 0) is 25.8 Å². The third kappa shape index (κ3) is 4.01. The van der Waals surface area contributed by atoms with E-state index in [4.69, 9.17) is 4.74 Å². The van der Waals surface area contributed by atoms with E-state index in [0.29, 0.717) is 0 Å². The average Bonchev–Trinajstić information content (AvgIpc) is 2.83. The fourth-order valence-electron chi connectivity index (χ4n) is 2.63. The molecule has 1 atom stereocenters. The summed E-state index contributed by atoms with van der Waals surface area (Å²) in [6, 6.07) is 0.268. The number of nitrogens with one attached hydrogen (secondary N) is 1. The van der Waals surface area contributed by atoms with Crippen molar-refractivity contribution in [3.05, 3.63) is 11.9 Å². The van der Waals surface area contributed by atoms with Gasteiger partial charge in [0.25, 0.3) is 0 Å². The zero-order valence-electron chi connectivity index (χ0n) is 12.9. The van der Waals surface area contributed by atoms with Gasteiger partial charge in [0, 0.05) is 32.8 Å². The monoisotopic (exact) mass is 268 g/mol. The van der Waals surface area contributed by atoms with E-state index in [1.807, 2.05) is 20.4 Å². The molecule has 0 saturated carbocycles. The Kier molecular flexibility index (Phi) is 6.45. The third-order valence-electron chi connectivity index (χ3n) is 3.94. The van der Waals surface area contributed by atoms with Crippen LogP contribution in [0.25, 0.3) is 0 Å². The Hall–Kier alpha value is -0.940. The first-order valence-electron chi connectivity index (χ1n) is 7.25. The first-order valence-corrected chi connectivity index (χ1v) is 7.25. The zero-order chi connectivity index (χ0) is 14.3. The Labute approximate surface area is 116 Å². The molecule has 0 radical (unpaired) electrons. The van der Waals surface area contributed by atoms with Gasteiger partial charge in [0.2, 0.25) is 0 Å². The second-order valence-electron chi connectivity index (χ2n) is 5.07. The van der Waals surface area contributed by atoms with Crippen molar-refractivity contribution < 1.29 is 4.74 Å². The summed E-state index contributed by atoms with van der Waals surface area (Å²) < 4.78 is 7.61. The molecule has 0 fully saturated rings. The van der Waals surface area contributed by atoms with Gasteiger partial charge in [-0.2, -0.15) is 0 Å². The second-order valence-corrected chi connectivity index (χ2v) is 5.07. The lowest BCUT2D eigenvalue weighted by Gasteiger charge is -2.39. The number of aromatic nitrogens is 3. The fourth-order valence-corrected chi connectivity index (χ4v) is 2.63. The van der Waals surface area contributed by atoms with Crippen LogP contribution in [0.5, 0.6) is 0 Å². The van der Waals surface area contributed by atoms with E-state index in [1.165, 1.54) is 0 Å². The molecule has 1 aromatic heterocycles. The van der Waals surface area contributed by atoms with E-state index >= 15 is 0 Å². The van der Waals surface area contributed by atoms with E-state index in [2.05, 4.69) is 36.4 Å². The molecule has 110 valence electrons. The normalized spacial score (nSPS) is 13.7. The fraction of sp³-hybridized carbons (Fsp3) is 0.857. The van der Waals surface area contributed by atoms with Gasteiger partial charge in [-0.15, -0.1) is 5.10 Å². The molecule has 0 spiro atoms. The van der Waals surface area contributed by atoms with E-state index in [9.17, 15) is 0 Å². The van der Waals surface area contributed by atoms with E-state index in [1.54, 1.807) is 4.68 Å². The van der Waals surface area contributed by atoms with Crippen LogP contribution in [0, 0.1) is 0 Å². The SMILES string of the molecule is CCCNC(Cc1cn(C)nn1)C(CC)(CC)OC. The molecule has 1 heterocycles. The summed E-state index contributed by atoms with van der Waals surface area (Å²) >= 11 is 0. The van der Waals surface area contributed by atoms with Crippen LogP contribution in [-0.4, -0.2) is 40.3 Å². The molecule has 1 N–H and O–H groups in total. The smallest absolute Gasteiger partial charge is 0.0843 e.